The van der Waals surface area contributed by atoms with Crippen LogP contribution in [0.5, 0.6) is 0 Å². The molecule has 3 rings (SSSR count). The number of benzene rings is 1. The number of likely N-dealkylation sites (tertiary alicyclic amines) is 1. The van der Waals surface area contributed by atoms with Gasteiger partial charge in [-0.2, -0.15) is 0 Å². The average molecular weight is 430 g/mol. The van der Waals surface area contributed by atoms with Crippen LogP contribution in [0.2, 0.25) is 0 Å². The lowest BCUT2D eigenvalue weighted by atomic mass is 9.97. The van der Waals surface area contributed by atoms with Crippen LogP contribution < -0.4 is 10.6 Å². The number of piperidine rings is 1. The number of carbonyl (C=O) groups excluding carboxylic acids is 3. The summed E-state index contributed by atoms with van der Waals surface area (Å²) in [5, 5.41) is 7.58. The van der Waals surface area contributed by atoms with Gasteiger partial charge < -0.3 is 20.3 Å². The highest BCUT2D eigenvalue weighted by molar-refractivity contribution is 7.12. The first kappa shape index (κ1) is 21.8. The molecule has 160 valence electrons. The predicted molar refractivity (Wildman–Crippen MR) is 118 cm³/mol. The van der Waals surface area contributed by atoms with Crippen molar-refractivity contribution in [2.24, 2.45) is 5.92 Å². The van der Waals surface area contributed by atoms with E-state index in [4.69, 9.17) is 4.74 Å². The van der Waals surface area contributed by atoms with E-state index in [9.17, 15) is 14.4 Å². The van der Waals surface area contributed by atoms with Gasteiger partial charge in [0.15, 0.2) is 0 Å². The summed E-state index contributed by atoms with van der Waals surface area (Å²) in [7, 11) is 0. The number of ether oxygens (including phenoxy) is 1. The van der Waals surface area contributed by atoms with E-state index in [1.807, 2.05) is 32.2 Å². The molecule has 1 aliphatic rings. The summed E-state index contributed by atoms with van der Waals surface area (Å²) in [6.07, 6.45) is 1.06. The second-order valence-electron chi connectivity index (χ2n) is 8.27. The maximum Gasteiger partial charge on any atom is 0.410 e. The van der Waals surface area contributed by atoms with E-state index in [2.05, 4.69) is 10.6 Å². The molecule has 0 aliphatic carbocycles. The maximum atomic E-state index is 12.8. The molecule has 0 saturated carbocycles. The fourth-order valence-electron chi connectivity index (χ4n) is 3.20. The highest BCUT2D eigenvalue weighted by Gasteiger charge is 2.31. The standard InChI is InChI=1S/C22H27N3O4S/c1-22(2,3)29-21(28)25-11-5-7-15(14-25)19(26)23-16-8-4-9-17(13-16)24-20(27)18-10-6-12-30-18/h4,6,8-10,12-13,15H,5,7,11,14H2,1-3H3,(H,23,26)(H,24,27). The molecule has 1 atom stereocenters. The first-order valence-electron chi connectivity index (χ1n) is 9.95. The van der Waals surface area contributed by atoms with Crippen LogP contribution in [0.1, 0.15) is 43.3 Å². The highest BCUT2D eigenvalue weighted by atomic mass is 32.1. The molecule has 7 nitrogen and oxygen atoms in total. The van der Waals surface area contributed by atoms with Crippen LogP contribution in [0.4, 0.5) is 16.2 Å². The lowest BCUT2D eigenvalue weighted by molar-refractivity contribution is -0.121. The first-order chi connectivity index (χ1) is 14.2. The minimum absolute atomic E-state index is 0.148. The minimum Gasteiger partial charge on any atom is -0.444 e. The van der Waals surface area contributed by atoms with Crippen molar-refractivity contribution >= 4 is 40.6 Å². The van der Waals surface area contributed by atoms with Gasteiger partial charge in [-0.1, -0.05) is 12.1 Å². The average Bonchev–Trinajstić information content (AvgIpc) is 3.22. The molecule has 30 heavy (non-hydrogen) atoms. The number of rotatable bonds is 4. The molecule has 0 bridgehead atoms. The Bertz CT molecular complexity index is 905. The fraction of sp³-hybridized carbons (Fsp3) is 0.409. The van der Waals surface area contributed by atoms with Crippen molar-refractivity contribution < 1.29 is 19.1 Å². The zero-order chi connectivity index (χ0) is 21.7. The van der Waals surface area contributed by atoms with Crippen LogP contribution in [-0.2, 0) is 9.53 Å². The number of hydrogen-bond acceptors (Lipinski definition) is 5. The molecule has 0 radical (unpaired) electrons. The second-order valence-corrected chi connectivity index (χ2v) is 9.21. The highest BCUT2D eigenvalue weighted by Crippen LogP contribution is 2.22. The Balaban J connectivity index is 1.59. The summed E-state index contributed by atoms with van der Waals surface area (Å²) in [6, 6.07) is 10.6. The number of carbonyl (C=O) groups is 3. The summed E-state index contributed by atoms with van der Waals surface area (Å²) < 4.78 is 5.42. The molecule has 3 amide bonds. The van der Waals surface area contributed by atoms with Gasteiger partial charge in [-0.05, 0) is 63.3 Å². The SMILES string of the molecule is CC(C)(C)OC(=O)N1CCCC(C(=O)Nc2cccc(NC(=O)c3cccs3)c2)C1. The van der Waals surface area contributed by atoms with Crippen molar-refractivity contribution in [3.8, 4) is 0 Å². The van der Waals surface area contributed by atoms with E-state index in [1.165, 1.54) is 11.3 Å². The monoisotopic (exact) mass is 429 g/mol. The minimum atomic E-state index is -0.569. The van der Waals surface area contributed by atoms with Gasteiger partial charge in [-0.25, -0.2) is 4.79 Å². The third-order valence-corrected chi connectivity index (χ3v) is 5.45. The number of thiophene rings is 1. The van der Waals surface area contributed by atoms with Crippen molar-refractivity contribution in [3.05, 3.63) is 46.7 Å². The van der Waals surface area contributed by atoms with Crippen LogP contribution in [0.3, 0.4) is 0 Å². The molecule has 2 heterocycles. The second kappa shape index (κ2) is 9.30. The topological polar surface area (TPSA) is 87.7 Å². The fourth-order valence-corrected chi connectivity index (χ4v) is 3.82. The third-order valence-electron chi connectivity index (χ3n) is 4.58. The van der Waals surface area contributed by atoms with Gasteiger partial charge in [0.2, 0.25) is 5.91 Å². The van der Waals surface area contributed by atoms with Crippen LogP contribution >= 0.6 is 11.3 Å². The van der Waals surface area contributed by atoms with Gasteiger partial charge in [-0.15, -0.1) is 11.3 Å². The zero-order valence-electron chi connectivity index (χ0n) is 17.4. The van der Waals surface area contributed by atoms with E-state index in [-0.39, 0.29) is 17.7 Å². The lowest BCUT2D eigenvalue weighted by Gasteiger charge is -2.33. The Morgan fingerprint density at radius 1 is 1.10 bits per heavy atom. The van der Waals surface area contributed by atoms with Crippen molar-refractivity contribution in [1.82, 2.24) is 4.90 Å². The summed E-state index contributed by atoms with van der Waals surface area (Å²) >= 11 is 1.37. The summed E-state index contributed by atoms with van der Waals surface area (Å²) in [4.78, 5) is 39.5. The van der Waals surface area contributed by atoms with E-state index < -0.39 is 11.7 Å². The van der Waals surface area contributed by atoms with Crippen molar-refractivity contribution in [2.45, 2.75) is 39.2 Å². The molecular formula is C22H27N3O4S. The molecule has 1 aromatic carbocycles. The summed E-state index contributed by atoms with van der Waals surface area (Å²) in [6.45, 7) is 6.38. The largest absolute Gasteiger partial charge is 0.444 e. The van der Waals surface area contributed by atoms with Crippen molar-refractivity contribution in [3.63, 3.8) is 0 Å². The van der Waals surface area contributed by atoms with E-state index in [0.717, 1.165) is 6.42 Å². The number of nitrogens with one attached hydrogen (secondary N) is 2. The van der Waals surface area contributed by atoms with Crippen LogP contribution in [-0.4, -0.2) is 41.5 Å². The molecule has 8 heteroatoms. The molecule has 1 aliphatic heterocycles. The Morgan fingerprint density at radius 3 is 2.50 bits per heavy atom. The third kappa shape index (κ3) is 6.06. The molecule has 1 unspecified atom stereocenters. The number of amides is 3. The van der Waals surface area contributed by atoms with Crippen molar-refractivity contribution in [1.29, 1.82) is 0 Å². The molecule has 1 aromatic heterocycles. The number of hydrogen-bond donors (Lipinski definition) is 2. The van der Waals surface area contributed by atoms with Gasteiger partial charge >= 0.3 is 6.09 Å². The molecule has 1 fully saturated rings. The Morgan fingerprint density at radius 2 is 1.83 bits per heavy atom. The molecule has 2 aromatic rings. The number of nitrogens with zero attached hydrogens (tertiary/aromatic N) is 1. The van der Waals surface area contributed by atoms with Gasteiger partial charge in [0, 0.05) is 24.5 Å². The van der Waals surface area contributed by atoms with Gasteiger partial charge in [-0.3, -0.25) is 9.59 Å². The van der Waals surface area contributed by atoms with Crippen molar-refractivity contribution in [2.75, 3.05) is 23.7 Å². The van der Waals surface area contributed by atoms with Crippen LogP contribution in [0.25, 0.3) is 0 Å². The van der Waals surface area contributed by atoms with Gasteiger partial charge in [0.25, 0.3) is 5.91 Å². The molecule has 1 saturated heterocycles. The van der Waals surface area contributed by atoms with E-state index >= 15 is 0 Å². The summed E-state index contributed by atoms with van der Waals surface area (Å²) in [5.41, 5.74) is 0.629. The van der Waals surface area contributed by atoms with Gasteiger partial charge in [0.1, 0.15) is 5.60 Å². The van der Waals surface area contributed by atoms with E-state index in [1.54, 1.807) is 35.2 Å². The molecule has 0 spiro atoms. The maximum absolute atomic E-state index is 12.8. The lowest BCUT2D eigenvalue weighted by Crippen LogP contribution is -2.45. The first-order valence-corrected chi connectivity index (χ1v) is 10.8. The Hall–Kier alpha value is -2.87. The van der Waals surface area contributed by atoms with E-state index in [0.29, 0.717) is 35.8 Å². The van der Waals surface area contributed by atoms with Crippen LogP contribution in [0.15, 0.2) is 41.8 Å². The summed E-state index contributed by atoms with van der Waals surface area (Å²) in [5.74, 6) is -0.644. The molecule has 2 N–H and O–H groups in total. The number of anilines is 2. The smallest absolute Gasteiger partial charge is 0.410 e. The van der Waals surface area contributed by atoms with Crippen LogP contribution in [0, 0.1) is 5.92 Å². The zero-order valence-corrected chi connectivity index (χ0v) is 18.3. The Labute approximate surface area is 180 Å². The molecular weight excluding hydrogens is 402 g/mol. The quantitative estimate of drug-likeness (QED) is 0.744. The van der Waals surface area contributed by atoms with Gasteiger partial charge in [0.05, 0.1) is 10.8 Å². The normalized spacial score (nSPS) is 16.6. The Kier molecular flexibility index (Phi) is 6.77. The predicted octanol–water partition coefficient (Wildman–Crippen LogP) is 4.59.